The van der Waals surface area contributed by atoms with Gasteiger partial charge in [0.2, 0.25) is 5.95 Å². The predicted octanol–water partition coefficient (Wildman–Crippen LogP) is 4.13. The fourth-order valence-electron chi connectivity index (χ4n) is 2.57. The zero-order valence-corrected chi connectivity index (χ0v) is 17.8. The number of ether oxygens (including phenoxy) is 2. The van der Waals surface area contributed by atoms with Crippen LogP contribution in [0.5, 0.6) is 5.75 Å². The standard InChI is InChI=1S/C19H21Cl2N5O3/c1-4-28-18(27)11-7-14-15(8-16(11)29-6-5-26(2)3)24-19(23-14)25-17-12(20)9-22-10-13(17)21/h7-10H,4-6H2,1-3H3,(H2,22,23,24,25). The van der Waals surface area contributed by atoms with Gasteiger partial charge in [-0.25, -0.2) is 9.78 Å². The molecule has 2 N–H and O–H groups in total. The number of hydrogen-bond acceptors (Lipinski definition) is 7. The molecule has 0 amide bonds. The maximum Gasteiger partial charge on any atom is 0.341 e. The number of aromatic nitrogens is 3. The van der Waals surface area contributed by atoms with E-state index in [4.69, 9.17) is 32.7 Å². The van der Waals surface area contributed by atoms with E-state index in [9.17, 15) is 4.79 Å². The summed E-state index contributed by atoms with van der Waals surface area (Å²) in [5.74, 6) is 0.365. The molecule has 0 aliphatic carbocycles. The molecule has 29 heavy (non-hydrogen) atoms. The zero-order valence-electron chi connectivity index (χ0n) is 16.3. The summed E-state index contributed by atoms with van der Waals surface area (Å²) in [5.41, 5.74) is 2.06. The average molecular weight is 438 g/mol. The lowest BCUT2D eigenvalue weighted by molar-refractivity contribution is 0.0521. The van der Waals surface area contributed by atoms with Crippen LogP contribution in [-0.4, -0.2) is 59.7 Å². The monoisotopic (exact) mass is 437 g/mol. The number of carbonyl (C=O) groups excluding carboxylic acids is 1. The van der Waals surface area contributed by atoms with Crippen molar-refractivity contribution in [3.63, 3.8) is 0 Å². The number of halogens is 2. The van der Waals surface area contributed by atoms with Crippen LogP contribution < -0.4 is 10.1 Å². The average Bonchev–Trinajstić information content (AvgIpc) is 3.05. The van der Waals surface area contributed by atoms with Crippen LogP contribution in [-0.2, 0) is 4.74 Å². The molecule has 8 nitrogen and oxygen atoms in total. The summed E-state index contributed by atoms with van der Waals surface area (Å²) >= 11 is 12.3. The quantitative estimate of drug-likeness (QED) is 0.511. The van der Waals surface area contributed by atoms with Crippen molar-refractivity contribution in [2.75, 3.05) is 39.2 Å². The predicted molar refractivity (Wildman–Crippen MR) is 114 cm³/mol. The van der Waals surface area contributed by atoms with Gasteiger partial charge in [0.05, 0.1) is 33.4 Å². The van der Waals surface area contributed by atoms with E-state index in [1.165, 1.54) is 12.4 Å². The Labute approximate surface area is 178 Å². The van der Waals surface area contributed by atoms with Gasteiger partial charge < -0.3 is 24.7 Å². The molecule has 0 aliphatic heterocycles. The second-order valence-electron chi connectivity index (χ2n) is 6.43. The highest BCUT2D eigenvalue weighted by Crippen LogP contribution is 2.32. The first-order valence-electron chi connectivity index (χ1n) is 8.93. The number of carbonyl (C=O) groups is 1. The van der Waals surface area contributed by atoms with Crippen LogP contribution in [0.15, 0.2) is 24.5 Å². The van der Waals surface area contributed by atoms with E-state index in [0.29, 0.717) is 57.2 Å². The fraction of sp³-hybridized carbons (Fsp3) is 0.316. The van der Waals surface area contributed by atoms with Crippen molar-refractivity contribution in [3.8, 4) is 5.75 Å². The largest absolute Gasteiger partial charge is 0.491 e. The number of hydrogen-bond donors (Lipinski definition) is 2. The van der Waals surface area contributed by atoms with Crippen LogP contribution in [0.3, 0.4) is 0 Å². The number of nitrogens with zero attached hydrogens (tertiary/aromatic N) is 3. The molecule has 3 rings (SSSR count). The lowest BCUT2D eigenvalue weighted by Crippen LogP contribution is -2.20. The van der Waals surface area contributed by atoms with Crippen molar-refractivity contribution < 1.29 is 14.3 Å². The summed E-state index contributed by atoms with van der Waals surface area (Å²) in [6.45, 7) is 3.14. The molecule has 3 aromatic rings. The highest BCUT2D eigenvalue weighted by atomic mass is 35.5. The van der Waals surface area contributed by atoms with Gasteiger partial charge in [0.15, 0.2) is 0 Å². The number of rotatable bonds is 8. The molecule has 0 bridgehead atoms. The van der Waals surface area contributed by atoms with Crippen LogP contribution >= 0.6 is 23.2 Å². The summed E-state index contributed by atoms with van der Waals surface area (Å²) in [6, 6.07) is 3.36. The first kappa shape index (κ1) is 21.2. The number of likely N-dealkylation sites (N-methyl/N-ethyl adjacent to an activating group) is 1. The summed E-state index contributed by atoms with van der Waals surface area (Å²) < 4.78 is 11.0. The second-order valence-corrected chi connectivity index (χ2v) is 7.24. The van der Waals surface area contributed by atoms with Crippen molar-refractivity contribution in [3.05, 3.63) is 40.1 Å². The van der Waals surface area contributed by atoms with Gasteiger partial charge in [-0.1, -0.05) is 23.2 Å². The number of H-pyrrole nitrogens is 1. The molecular weight excluding hydrogens is 417 g/mol. The first-order valence-corrected chi connectivity index (χ1v) is 9.69. The van der Waals surface area contributed by atoms with Crippen LogP contribution in [0, 0.1) is 0 Å². The third-order valence-electron chi connectivity index (χ3n) is 3.97. The van der Waals surface area contributed by atoms with Crippen LogP contribution in [0.25, 0.3) is 11.0 Å². The van der Waals surface area contributed by atoms with Crippen molar-refractivity contribution in [2.45, 2.75) is 6.92 Å². The molecule has 0 saturated heterocycles. The number of esters is 1. The summed E-state index contributed by atoms with van der Waals surface area (Å²) in [6.07, 6.45) is 2.96. The summed E-state index contributed by atoms with van der Waals surface area (Å²) in [5, 5.41) is 3.77. The number of aromatic amines is 1. The maximum absolute atomic E-state index is 12.4. The fourth-order valence-corrected chi connectivity index (χ4v) is 3.03. The molecule has 0 atom stereocenters. The van der Waals surface area contributed by atoms with E-state index in [1.54, 1.807) is 19.1 Å². The van der Waals surface area contributed by atoms with E-state index < -0.39 is 5.97 Å². The number of pyridine rings is 1. The van der Waals surface area contributed by atoms with E-state index in [2.05, 4.69) is 20.3 Å². The second kappa shape index (κ2) is 9.30. The van der Waals surface area contributed by atoms with E-state index >= 15 is 0 Å². The molecule has 2 aromatic heterocycles. The molecule has 154 valence electrons. The van der Waals surface area contributed by atoms with Gasteiger partial charge in [-0.3, -0.25) is 4.98 Å². The Kier molecular flexibility index (Phi) is 6.79. The van der Waals surface area contributed by atoms with Crippen LogP contribution in [0.4, 0.5) is 11.6 Å². The summed E-state index contributed by atoms with van der Waals surface area (Å²) in [4.78, 5) is 25.9. The van der Waals surface area contributed by atoms with Crippen LogP contribution in [0.1, 0.15) is 17.3 Å². The third kappa shape index (κ3) is 5.09. The highest BCUT2D eigenvalue weighted by Gasteiger charge is 2.18. The Morgan fingerprint density at radius 1 is 1.24 bits per heavy atom. The Hall–Kier alpha value is -2.55. The zero-order chi connectivity index (χ0) is 21.0. The molecular formula is C19H21Cl2N5O3. The smallest absolute Gasteiger partial charge is 0.341 e. The van der Waals surface area contributed by atoms with Gasteiger partial charge in [0, 0.05) is 25.0 Å². The number of nitrogens with one attached hydrogen (secondary N) is 2. The van der Waals surface area contributed by atoms with E-state index in [1.807, 2.05) is 19.0 Å². The normalized spacial score (nSPS) is 11.1. The minimum absolute atomic E-state index is 0.267. The minimum atomic E-state index is -0.460. The van der Waals surface area contributed by atoms with Crippen molar-refractivity contribution in [1.82, 2.24) is 19.9 Å². The number of fused-ring (bicyclic) bond motifs is 1. The molecule has 0 radical (unpaired) electrons. The number of benzene rings is 1. The molecule has 1 aromatic carbocycles. The molecule has 0 fully saturated rings. The Morgan fingerprint density at radius 2 is 1.97 bits per heavy atom. The number of imidazole rings is 1. The van der Waals surface area contributed by atoms with Crippen molar-refractivity contribution >= 4 is 51.8 Å². The Morgan fingerprint density at radius 3 is 2.62 bits per heavy atom. The van der Waals surface area contributed by atoms with Crippen molar-refractivity contribution in [2.24, 2.45) is 0 Å². The molecule has 2 heterocycles. The van der Waals surface area contributed by atoms with Crippen LogP contribution in [0.2, 0.25) is 10.0 Å². The molecule has 0 saturated carbocycles. The van der Waals surface area contributed by atoms with Gasteiger partial charge in [0.1, 0.15) is 17.9 Å². The topological polar surface area (TPSA) is 92.4 Å². The highest BCUT2D eigenvalue weighted by molar-refractivity contribution is 6.39. The first-order chi connectivity index (χ1) is 13.9. The molecule has 0 spiro atoms. The van der Waals surface area contributed by atoms with Gasteiger partial charge in [-0.2, -0.15) is 0 Å². The van der Waals surface area contributed by atoms with Gasteiger partial charge >= 0.3 is 5.97 Å². The lowest BCUT2D eigenvalue weighted by atomic mass is 10.1. The lowest BCUT2D eigenvalue weighted by Gasteiger charge is -2.13. The minimum Gasteiger partial charge on any atom is -0.491 e. The summed E-state index contributed by atoms with van der Waals surface area (Å²) in [7, 11) is 3.89. The molecule has 0 aliphatic rings. The maximum atomic E-state index is 12.4. The van der Waals surface area contributed by atoms with Gasteiger partial charge in [-0.05, 0) is 27.1 Å². The van der Waals surface area contributed by atoms with E-state index in [0.717, 1.165) is 0 Å². The molecule has 0 unspecified atom stereocenters. The van der Waals surface area contributed by atoms with E-state index in [-0.39, 0.29) is 6.61 Å². The SMILES string of the molecule is CCOC(=O)c1cc2[nH]c(Nc3c(Cl)cncc3Cl)nc2cc1OCCN(C)C. The van der Waals surface area contributed by atoms with Crippen molar-refractivity contribution in [1.29, 1.82) is 0 Å². The Balaban J connectivity index is 1.95. The van der Waals surface area contributed by atoms with Gasteiger partial charge in [0.25, 0.3) is 0 Å². The Bertz CT molecular complexity index is 1000. The number of anilines is 2. The third-order valence-corrected chi connectivity index (χ3v) is 4.54. The van der Waals surface area contributed by atoms with Gasteiger partial charge in [-0.15, -0.1) is 0 Å². The molecule has 10 heteroatoms.